The Labute approximate surface area is 106 Å². The van der Waals surface area contributed by atoms with Crippen LogP contribution in [-0.4, -0.2) is 50.1 Å². The summed E-state index contributed by atoms with van der Waals surface area (Å²) < 4.78 is 0. The number of hydrogen-bond donors (Lipinski definition) is 2. The van der Waals surface area contributed by atoms with Crippen molar-refractivity contribution in [1.82, 2.24) is 15.5 Å². The van der Waals surface area contributed by atoms with Crippen LogP contribution in [0.15, 0.2) is 4.99 Å². The van der Waals surface area contributed by atoms with E-state index in [0.717, 1.165) is 25.6 Å². The Bertz CT molecular complexity index is 223. The molecule has 0 aromatic rings. The van der Waals surface area contributed by atoms with Crippen molar-refractivity contribution in [3.63, 3.8) is 0 Å². The van der Waals surface area contributed by atoms with Crippen LogP contribution in [0, 0.1) is 0 Å². The van der Waals surface area contributed by atoms with Crippen molar-refractivity contribution in [2.24, 2.45) is 4.99 Å². The maximum atomic E-state index is 4.59. The van der Waals surface area contributed by atoms with Crippen molar-refractivity contribution in [2.45, 2.75) is 45.6 Å². The fraction of sp³-hybridized carbons (Fsp3) is 0.923. The molecule has 1 rings (SSSR count). The third-order valence-electron chi connectivity index (χ3n) is 2.91. The number of nitrogens with zero attached hydrogens (tertiary/aromatic N) is 2. The smallest absolute Gasteiger partial charge is 0.191 e. The number of unbranched alkanes of at least 4 members (excludes halogenated alkanes) is 1. The van der Waals surface area contributed by atoms with Crippen LogP contribution >= 0.6 is 0 Å². The van der Waals surface area contributed by atoms with Crippen molar-refractivity contribution >= 4 is 5.96 Å². The second-order valence-electron chi connectivity index (χ2n) is 4.84. The van der Waals surface area contributed by atoms with Crippen molar-refractivity contribution < 1.29 is 0 Å². The summed E-state index contributed by atoms with van der Waals surface area (Å²) in [5.74, 6) is 0.985. The molecule has 1 aliphatic carbocycles. The van der Waals surface area contributed by atoms with Crippen LogP contribution in [0.1, 0.15) is 39.5 Å². The number of likely N-dealkylation sites (N-methyl/N-ethyl adjacent to an activating group) is 1. The standard InChI is InChI=1S/C13H28N4/c1-4-6-10-17(3)11-9-15-13(14-5-2)16-12-7-8-12/h12H,4-11H2,1-3H3,(H2,14,15,16). The van der Waals surface area contributed by atoms with Gasteiger partial charge < -0.3 is 15.5 Å². The summed E-state index contributed by atoms with van der Waals surface area (Å²) in [5, 5.41) is 6.72. The molecular formula is C13H28N4. The van der Waals surface area contributed by atoms with Crippen LogP contribution < -0.4 is 10.6 Å². The number of hydrogen-bond acceptors (Lipinski definition) is 2. The zero-order valence-electron chi connectivity index (χ0n) is 11.6. The van der Waals surface area contributed by atoms with E-state index in [1.165, 1.54) is 32.2 Å². The molecule has 17 heavy (non-hydrogen) atoms. The summed E-state index contributed by atoms with van der Waals surface area (Å²) in [6.07, 6.45) is 5.13. The molecule has 0 amide bonds. The van der Waals surface area contributed by atoms with Gasteiger partial charge in [0.2, 0.25) is 0 Å². The first-order valence-electron chi connectivity index (χ1n) is 6.99. The zero-order valence-corrected chi connectivity index (χ0v) is 11.6. The van der Waals surface area contributed by atoms with Crippen molar-refractivity contribution in [3.05, 3.63) is 0 Å². The van der Waals surface area contributed by atoms with Gasteiger partial charge in [0.1, 0.15) is 0 Å². The Morgan fingerprint density at radius 2 is 2.06 bits per heavy atom. The minimum atomic E-state index is 0.672. The zero-order chi connectivity index (χ0) is 12.5. The molecule has 0 atom stereocenters. The molecule has 2 N–H and O–H groups in total. The highest BCUT2D eigenvalue weighted by Gasteiger charge is 2.21. The van der Waals surface area contributed by atoms with Crippen molar-refractivity contribution in [1.29, 1.82) is 0 Å². The first-order valence-corrected chi connectivity index (χ1v) is 6.99. The van der Waals surface area contributed by atoms with Gasteiger partial charge in [0.15, 0.2) is 5.96 Å². The Hall–Kier alpha value is -0.770. The molecule has 0 aromatic heterocycles. The molecule has 1 aliphatic rings. The SMILES string of the molecule is CCCCN(C)CCN=C(NCC)NC1CC1. The van der Waals surface area contributed by atoms with E-state index in [9.17, 15) is 0 Å². The molecule has 100 valence electrons. The molecule has 1 fully saturated rings. The molecule has 0 heterocycles. The van der Waals surface area contributed by atoms with Crippen LogP contribution in [0.3, 0.4) is 0 Å². The fourth-order valence-electron chi connectivity index (χ4n) is 1.61. The van der Waals surface area contributed by atoms with E-state index in [0.29, 0.717) is 6.04 Å². The summed E-state index contributed by atoms with van der Waals surface area (Å²) in [5.41, 5.74) is 0. The lowest BCUT2D eigenvalue weighted by atomic mass is 10.3. The number of nitrogens with one attached hydrogen (secondary N) is 2. The normalized spacial score (nSPS) is 16.4. The topological polar surface area (TPSA) is 39.7 Å². The van der Waals surface area contributed by atoms with Gasteiger partial charge in [0, 0.05) is 19.1 Å². The maximum Gasteiger partial charge on any atom is 0.191 e. The average Bonchev–Trinajstić information content (AvgIpc) is 3.10. The molecule has 0 saturated heterocycles. The van der Waals surface area contributed by atoms with Crippen LogP contribution in [0.4, 0.5) is 0 Å². The van der Waals surface area contributed by atoms with Gasteiger partial charge >= 0.3 is 0 Å². The van der Waals surface area contributed by atoms with Gasteiger partial charge in [-0.3, -0.25) is 4.99 Å². The van der Waals surface area contributed by atoms with Gasteiger partial charge in [0.25, 0.3) is 0 Å². The van der Waals surface area contributed by atoms with E-state index in [-0.39, 0.29) is 0 Å². The quantitative estimate of drug-likeness (QED) is 0.498. The molecular weight excluding hydrogens is 212 g/mol. The van der Waals surface area contributed by atoms with Gasteiger partial charge in [-0.15, -0.1) is 0 Å². The highest BCUT2D eigenvalue weighted by molar-refractivity contribution is 5.80. The molecule has 0 aromatic carbocycles. The number of guanidine groups is 1. The summed E-state index contributed by atoms with van der Waals surface area (Å²) in [7, 11) is 2.17. The molecule has 4 heteroatoms. The Balaban J connectivity index is 2.17. The molecule has 4 nitrogen and oxygen atoms in total. The van der Waals surface area contributed by atoms with Gasteiger partial charge in [-0.2, -0.15) is 0 Å². The van der Waals surface area contributed by atoms with Crippen LogP contribution in [0.2, 0.25) is 0 Å². The largest absolute Gasteiger partial charge is 0.357 e. The van der Waals surface area contributed by atoms with E-state index < -0.39 is 0 Å². The lowest BCUT2D eigenvalue weighted by molar-refractivity contribution is 0.337. The van der Waals surface area contributed by atoms with Gasteiger partial charge in [0.05, 0.1) is 6.54 Å². The maximum absolute atomic E-state index is 4.59. The molecule has 0 bridgehead atoms. The third kappa shape index (κ3) is 7.21. The predicted molar refractivity (Wildman–Crippen MR) is 74.5 cm³/mol. The van der Waals surface area contributed by atoms with Crippen LogP contribution in [0.5, 0.6) is 0 Å². The molecule has 0 spiro atoms. The molecule has 0 unspecified atom stereocenters. The first kappa shape index (κ1) is 14.3. The van der Waals surface area contributed by atoms with Gasteiger partial charge in [-0.25, -0.2) is 0 Å². The highest BCUT2D eigenvalue weighted by Crippen LogP contribution is 2.18. The lowest BCUT2D eigenvalue weighted by Gasteiger charge is -2.15. The predicted octanol–water partition coefficient (Wildman–Crippen LogP) is 1.44. The van der Waals surface area contributed by atoms with Crippen molar-refractivity contribution in [3.8, 4) is 0 Å². The summed E-state index contributed by atoms with van der Waals surface area (Å²) in [6, 6.07) is 0.672. The molecule has 0 aliphatic heterocycles. The van der Waals surface area contributed by atoms with E-state index in [1.54, 1.807) is 0 Å². The molecule has 0 radical (unpaired) electrons. The van der Waals surface area contributed by atoms with E-state index in [1.807, 2.05) is 0 Å². The van der Waals surface area contributed by atoms with Gasteiger partial charge in [-0.05, 0) is 39.8 Å². The lowest BCUT2D eigenvalue weighted by Crippen LogP contribution is -2.39. The third-order valence-corrected chi connectivity index (χ3v) is 2.91. The molecule has 1 saturated carbocycles. The Kier molecular flexibility index (Phi) is 7.01. The van der Waals surface area contributed by atoms with Gasteiger partial charge in [-0.1, -0.05) is 13.3 Å². The highest BCUT2D eigenvalue weighted by atomic mass is 15.2. The summed E-state index contributed by atoms with van der Waals surface area (Å²) in [6.45, 7) is 8.37. The van der Waals surface area contributed by atoms with E-state index >= 15 is 0 Å². The van der Waals surface area contributed by atoms with E-state index in [2.05, 4.69) is 41.4 Å². The second-order valence-corrected chi connectivity index (χ2v) is 4.84. The second kappa shape index (κ2) is 8.34. The first-order chi connectivity index (χ1) is 8.26. The average molecular weight is 240 g/mol. The summed E-state index contributed by atoms with van der Waals surface area (Å²) in [4.78, 5) is 6.95. The Morgan fingerprint density at radius 3 is 2.65 bits per heavy atom. The van der Waals surface area contributed by atoms with Crippen LogP contribution in [-0.2, 0) is 0 Å². The number of aliphatic imine (C=N–C) groups is 1. The van der Waals surface area contributed by atoms with E-state index in [4.69, 9.17) is 0 Å². The minimum absolute atomic E-state index is 0.672. The Morgan fingerprint density at radius 1 is 1.29 bits per heavy atom. The minimum Gasteiger partial charge on any atom is -0.357 e. The monoisotopic (exact) mass is 240 g/mol. The number of rotatable bonds is 8. The van der Waals surface area contributed by atoms with Crippen molar-refractivity contribution in [2.75, 3.05) is 33.2 Å². The van der Waals surface area contributed by atoms with Crippen LogP contribution in [0.25, 0.3) is 0 Å². The fourth-order valence-corrected chi connectivity index (χ4v) is 1.61. The summed E-state index contributed by atoms with van der Waals surface area (Å²) >= 11 is 0.